The van der Waals surface area contributed by atoms with Crippen LogP contribution in [0.15, 0.2) is 48.7 Å². The Kier molecular flexibility index (Phi) is 4.54. The van der Waals surface area contributed by atoms with Gasteiger partial charge in [0, 0.05) is 16.4 Å². The first-order chi connectivity index (χ1) is 11.6. The van der Waals surface area contributed by atoms with Crippen molar-refractivity contribution in [3.05, 3.63) is 64.8 Å². The van der Waals surface area contributed by atoms with Crippen molar-refractivity contribution in [2.24, 2.45) is 0 Å². The highest BCUT2D eigenvalue weighted by Gasteiger charge is 2.04. The lowest BCUT2D eigenvalue weighted by Gasteiger charge is -2.08. The van der Waals surface area contributed by atoms with E-state index in [1.807, 2.05) is 19.1 Å². The van der Waals surface area contributed by atoms with Gasteiger partial charge in [-0.25, -0.2) is 0 Å². The van der Waals surface area contributed by atoms with Gasteiger partial charge in [-0.2, -0.15) is 15.3 Å². The third-order valence-electron chi connectivity index (χ3n) is 3.27. The number of rotatable bonds is 4. The zero-order chi connectivity index (χ0) is 16.9. The summed E-state index contributed by atoms with van der Waals surface area (Å²) < 4.78 is 0. The number of aryl methyl sites for hydroxylation is 1. The van der Waals surface area contributed by atoms with Gasteiger partial charge in [0.2, 0.25) is 5.95 Å². The summed E-state index contributed by atoms with van der Waals surface area (Å²) in [5.74, 6) is 0.893. The van der Waals surface area contributed by atoms with Crippen LogP contribution in [0.1, 0.15) is 11.1 Å². The molecule has 0 saturated carbocycles. The van der Waals surface area contributed by atoms with Gasteiger partial charge < -0.3 is 10.6 Å². The molecule has 7 heteroatoms. The summed E-state index contributed by atoms with van der Waals surface area (Å²) in [4.78, 5) is 4.35. The van der Waals surface area contributed by atoms with E-state index in [1.54, 1.807) is 30.3 Å². The molecule has 0 aliphatic rings. The van der Waals surface area contributed by atoms with Gasteiger partial charge in [-0.15, -0.1) is 5.10 Å². The van der Waals surface area contributed by atoms with Crippen molar-refractivity contribution in [1.29, 1.82) is 5.26 Å². The second kappa shape index (κ2) is 6.94. The van der Waals surface area contributed by atoms with Crippen LogP contribution in [-0.4, -0.2) is 15.2 Å². The van der Waals surface area contributed by atoms with Crippen LogP contribution in [0.3, 0.4) is 0 Å². The minimum Gasteiger partial charge on any atom is -0.339 e. The van der Waals surface area contributed by atoms with Gasteiger partial charge in [-0.05, 0) is 48.9 Å². The van der Waals surface area contributed by atoms with E-state index < -0.39 is 0 Å². The topological polar surface area (TPSA) is 86.5 Å². The summed E-state index contributed by atoms with van der Waals surface area (Å²) in [6.07, 6.45) is 1.52. The van der Waals surface area contributed by atoms with Crippen LogP contribution in [0.2, 0.25) is 5.02 Å². The smallest absolute Gasteiger partial charge is 0.249 e. The van der Waals surface area contributed by atoms with E-state index in [0.717, 1.165) is 16.9 Å². The highest BCUT2D eigenvalue weighted by atomic mass is 35.5. The first-order valence-corrected chi connectivity index (χ1v) is 7.52. The van der Waals surface area contributed by atoms with Gasteiger partial charge >= 0.3 is 0 Å². The zero-order valence-corrected chi connectivity index (χ0v) is 13.5. The number of nitrogens with zero attached hydrogens (tertiary/aromatic N) is 4. The molecule has 0 bridgehead atoms. The molecule has 0 spiro atoms. The fourth-order valence-corrected chi connectivity index (χ4v) is 2.17. The Morgan fingerprint density at radius 3 is 2.50 bits per heavy atom. The number of hydrogen-bond donors (Lipinski definition) is 2. The van der Waals surface area contributed by atoms with Crippen LogP contribution in [0.4, 0.5) is 23.1 Å². The molecule has 1 aromatic heterocycles. The molecule has 0 atom stereocenters. The molecule has 2 N–H and O–H groups in total. The van der Waals surface area contributed by atoms with Crippen molar-refractivity contribution in [1.82, 2.24) is 15.2 Å². The van der Waals surface area contributed by atoms with E-state index in [-0.39, 0.29) is 0 Å². The fourth-order valence-electron chi connectivity index (χ4n) is 1.99. The summed E-state index contributed by atoms with van der Waals surface area (Å²) in [5, 5.41) is 23.5. The standard InChI is InChI=1S/C17H13ClN6/c1-11-2-5-14(8-15(11)18)22-17-23-16(10-20-24-17)21-13-6-3-12(9-19)4-7-13/h2-8,10H,1H3,(H2,21,22,23,24). The van der Waals surface area contributed by atoms with Crippen molar-refractivity contribution < 1.29 is 0 Å². The average molecular weight is 337 g/mol. The van der Waals surface area contributed by atoms with Crippen LogP contribution >= 0.6 is 11.6 Å². The zero-order valence-electron chi connectivity index (χ0n) is 12.8. The number of anilines is 4. The molecule has 6 nitrogen and oxygen atoms in total. The maximum atomic E-state index is 8.81. The number of nitriles is 1. The van der Waals surface area contributed by atoms with E-state index >= 15 is 0 Å². The van der Waals surface area contributed by atoms with Gasteiger partial charge in [-0.1, -0.05) is 17.7 Å². The second-order valence-electron chi connectivity index (χ2n) is 5.07. The van der Waals surface area contributed by atoms with Gasteiger partial charge in [0.1, 0.15) is 0 Å². The van der Waals surface area contributed by atoms with Crippen molar-refractivity contribution in [2.75, 3.05) is 10.6 Å². The molecule has 2 aromatic carbocycles. The normalized spacial score (nSPS) is 10.0. The number of halogens is 1. The van der Waals surface area contributed by atoms with Gasteiger partial charge in [0.25, 0.3) is 0 Å². The molecule has 0 unspecified atom stereocenters. The van der Waals surface area contributed by atoms with E-state index in [1.165, 1.54) is 6.20 Å². The van der Waals surface area contributed by atoms with E-state index in [2.05, 4.69) is 31.9 Å². The molecule has 24 heavy (non-hydrogen) atoms. The van der Waals surface area contributed by atoms with Crippen LogP contribution in [-0.2, 0) is 0 Å². The summed E-state index contributed by atoms with van der Waals surface area (Å²) in [6.45, 7) is 1.94. The Hall–Kier alpha value is -3.17. The molecule has 118 valence electrons. The number of aromatic nitrogens is 3. The highest BCUT2D eigenvalue weighted by molar-refractivity contribution is 6.31. The summed E-state index contributed by atoms with van der Waals surface area (Å²) in [5.41, 5.74) is 3.18. The van der Waals surface area contributed by atoms with Crippen LogP contribution in [0.5, 0.6) is 0 Å². The molecule has 0 amide bonds. The largest absolute Gasteiger partial charge is 0.339 e. The van der Waals surface area contributed by atoms with Crippen molar-refractivity contribution in [2.45, 2.75) is 6.92 Å². The molecular formula is C17H13ClN6. The minimum absolute atomic E-state index is 0.355. The molecule has 0 aliphatic heterocycles. The van der Waals surface area contributed by atoms with Gasteiger partial charge in [-0.3, -0.25) is 0 Å². The summed E-state index contributed by atoms with van der Waals surface area (Å²) in [6, 6.07) is 14.7. The third kappa shape index (κ3) is 3.77. The van der Waals surface area contributed by atoms with E-state index in [0.29, 0.717) is 22.4 Å². The summed E-state index contributed by atoms with van der Waals surface area (Å²) >= 11 is 6.11. The number of nitrogens with one attached hydrogen (secondary N) is 2. The molecule has 3 aromatic rings. The molecule has 0 saturated heterocycles. The Labute approximate surface area is 144 Å². The summed E-state index contributed by atoms with van der Waals surface area (Å²) in [7, 11) is 0. The molecule has 0 radical (unpaired) electrons. The molecule has 3 rings (SSSR count). The Balaban J connectivity index is 1.75. The Morgan fingerprint density at radius 1 is 1.04 bits per heavy atom. The lowest BCUT2D eigenvalue weighted by molar-refractivity contribution is 0.982. The highest BCUT2D eigenvalue weighted by Crippen LogP contribution is 2.22. The molecular weight excluding hydrogens is 324 g/mol. The quantitative estimate of drug-likeness (QED) is 0.742. The number of benzene rings is 2. The van der Waals surface area contributed by atoms with Gasteiger partial charge in [0.05, 0.1) is 17.8 Å². The fraction of sp³-hybridized carbons (Fsp3) is 0.0588. The predicted octanol–water partition coefficient (Wildman–Crippen LogP) is 4.19. The monoisotopic (exact) mass is 336 g/mol. The number of hydrogen-bond acceptors (Lipinski definition) is 6. The lowest BCUT2D eigenvalue weighted by atomic mass is 10.2. The average Bonchev–Trinajstić information content (AvgIpc) is 2.59. The first-order valence-electron chi connectivity index (χ1n) is 7.14. The van der Waals surface area contributed by atoms with Crippen LogP contribution < -0.4 is 10.6 Å². The van der Waals surface area contributed by atoms with Gasteiger partial charge in [0.15, 0.2) is 5.82 Å². The predicted molar refractivity (Wildman–Crippen MR) is 93.7 cm³/mol. The second-order valence-corrected chi connectivity index (χ2v) is 5.48. The molecule has 1 heterocycles. The van der Waals surface area contributed by atoms with Crippen molar-refractivity contribution in [3.63, 3.8) is 0 Å². The van der Waals surface area contributed by atoms with Crippen molar-refractivity contribution >= 4 is 34.7 Å². The Morgan fingerprint density at radius 2 is 1.79 bits per heavy atom. The first kappa shape index (κ1) is 15.7. The SMILES string of the molecule is Cc1ccc(Nc2nncc(Nc3ccc(C#N)cc3)n2)cc1Cl. The lowest BCUT2D eigenvalue weighted by Crippen LogP contribution is -2.02. The third-order valence-corrected chi connectivity index (χ3v) is 3.68. The molecule has 0 aliphatic carbocycles. The van der Waals surface area contributed by atoms with E-state index in [4.69, 9.17) is 16.9 Å². The van der Waals surface area contributed by atoms with E-state index in [9.17, 15) is 0 Å². The molecule has 0 fully saturated rings. The maximum Gasteiger partial charge on any atom is 0.249 e. The maximum absolute atomic E-state index is 8.81. The Bertz CT molecular complexity index is 902. The van der Waals surface area contributed by atoms with Crippen LogP contribution in [0, 0.1) is 18.3 Å². The minimum atomic E-state index is 0.355. The van der Waals surface area contributed by atoms with Crippen LogP contribution in [0.25, 0.3) is 0 Å². The van der Waals surface area contributed by atoms with Crippen molar-refractivity contribution in [3.8, 4) is 6.07 Å².